The van der Waals surface area contributed by atoms with E-state index < -0.39 is 0 Å². The van der Waals surface area contributed by atoms with E-state index in [-0.39, 0.29) is 6.10 Å². The Hall–Kier alpha value is -0.0800. The van der Waals surface area contributed by atoms with Gasteiger partial charge in [-0.25, -0.2) is 0 Å². The molecule has 0 aromatic carbocycles. The van der Waals surface area contributed by atoms with E-state index in [1.807, 2.05) is 0 Å². The van der Waals surface area contributed by atoms with Gasteiger partial charge in [0.05, 0.1) is 6.10 Å². The first kappa shape index (κ1) is 20.0. The lowest BCUT2D eigenvalue weighted by molar-refractivity contribution is 0.00494. The molecule has 0 bridgehead atoms. The van der Waals surface area contributed by atoms with Crippen LogP contribution in [-0.4, -0.2) is 35.2 Å². The SMILES string of the molecule is CCCCCCCCN1CCCC(O)C1CCCCCCC. The topological polar surface area (TPSA) is 23.5 Å². The molecule has 0 spiro atoms. The van der Waals surface area contributed by atoms with Crippen LogP contribution in [0.1, 0.15) is 104 Å². The second kappa shape index (κ2) is 13.4. The summed E-state index contributed by atoms with van der Waals surface area (Å²) >= 11 is 0. The standard InChI is InChI=1S/C20H41NO/c1-3-5-7-9-11-13-17-21-18-14-16-20(22)19(21)15-12-10-8-6-4-2/h19-20,22H,3-18H2,1-2H3. The zero-order valence-electron chi connectivity index (χ0n) is 15.4. The van der Waals surface area contributed by atoms with Crippen LogP contribution >= 0.6 is 0 Å². The number of hydrogen-bond acceptors (Lipinski definition) is 2. The summed E-state index contributed by atoms with van der Waals surface area (Å²) in [5.41, 5.74) is 0. The van der Waals surface area contributed by atoms with Gasteiger partial charge in [-0.1, -0.05) is 78.1 Å². The van der Waals surface area contributed by atoms with Crippen LogP contribution in [-0.2, 0) is 0 Å². The van der Waals surface area contributed by atoms with Crippen molar-refractivity contribution in [1.82, 2.24) is 4.90 Å². The molecule has 2 atom stereocenters. The minimum Gasteiger partial charge on any atom is -0.391 e. The molecule has 1 saturated heterocycles. The molecule has 22 heavy (non-hydrogen) atoms. The van der Waals surface area contributed by atoms with Crippen LogP contribution in [0, 0.1) is 0 Å². The molecule has 2 nitrogen and oxygen atoms in total. The average molecular weight is 312 g/mol. The largest absolute Gasteiger partial charge is 0.391 e. The van der Waals surface area contributed by atoms with Gasteiger partial charge < -0.3 is 5.11 Å². The predicted molar refractivity (Wildman–Crippen MR) is 97.4 cm³/mol. The van der Waals surface area contributed by atoms with E-state index in [0.29, 0.717) is 6.04 Å². The summed E-state index contributed by atoms with van der Waals surface area (Å²) in [6.45, 7) is 6.97. The molecule has 0 saturated carbocycles. The van der Waals surface area contributed by atoms with Gasteiger partial charge in [0.25, 0.3) is 0 Å². The quantitative estimate of drug-likeness (QED) is 0.452. The van der Waals surface area contributed by atoms with Gasteiger partial charge in [0.1, 0.15) is 0 Å². The Morgan fingerprint density at radius 1 is 0.818 bits per heavy atom. The fourth-order valence-electron chi connectivity index (χ4n) is 3.81. The molecule has 0 aliphatic carbocycles. The van der Waals surface area contributed by atoms with Gasteiger partial charge in [-0.3, -0.25) is 4.90 Å². The highest BCUT2D eigenvalue weighted by atomic mass is 16.3. The first-order valence-corrected chi connectivity index (χ1v) is 10.2. The minimum absolute atomic E-state index is 0.0694. The lowest BCUT2D eigenvalue weighted by Gasteiger charge is -2.39. The van der Waals surface area contributed by atoms with Crippen LogP contribution in [0.5, 0.6) is 0 Å². The van der Waals surface area contributed by atoms with E-state index in [0.717, 1.165) is 6.42 Å². The van der Waals surface area contributed by atoms with Crippen LogP contribution in [0.4, 0.5) is 0 Å². The highest BCUT2D eigenvalue weighted by Crippen LogP contribution is 2.23. The Bertz CT molecular complexity index is 244. The molecule has 2 unspecified atom stereocenters. The number of rotatable bonds is 13. The molecular formula is C20H41NO. The molecule has 1 fully saturated rings. The van der Waals surface area contributed by atoms with Gasteiger partial charge in [-0.15, -0.1) is 0 Å². The van der Waals surface area contributed by atoms with Gasteiger partial charge in [-0.2, -0.15) is 0 Å². The zero-order valence-corrected chi connectivity index (χ0v) is 15.4. The van der Waals surface area contributed by atoms with E-state index in [2.05, 4.69) is 18.7 Å². The Balaban J connectivity index is 2.19. The van der Waals surface area contributed by atoms with Gasteiger partial charge in [0.2, 0.25) is 0 Å². The first-order valence-electron chi connectivity index (χ1n) is 10.2. The normalized spacial score (nSPS) is 23.0. The molecule has 2 heteroatoms. The molecule has 0 radical (unpaired) electrons. The van der Waals surface area contributed by atoms with Gasteiger partial charge in [0.15, 0.2) is 0 Å². The molecule has 1 heterocycles. The fourth-order valence-corrected chi connectivity index (χ4v) is 3.81. The molecule has 0 aromatic rings. The van der Waals surface area contributed by atoms with Crippen molar-refractivity contribution in [1.29, 1.82) is 0 Å². The Kier molecular flexibility index (Phi) is 12.1. The molecule has 1 rings (SSSR count). The molecular weight excluding hydrogens is 270 g/mol. The lowest BCUT2D eigenvalue weighted by Crippen LogP contribution is -2.48. The maximum Gasteiger partial charge on any atom is 0.0695 e. The summed E-state index contributed by atoms with van der Waals surface area (Å²) in [6, 6.07) is 0.450. The predicted octanol–water partition coefficient (Wildman–Crippen LogP) is 5.53. The van der Waals surface area contributed by atoms with E-state index in [1.54, 1.807) is 0 Å². The summed E-state index contributed by atoms with van der Waals surface area (Å²) in [7, 11) is 0. The number of nitrogens with zero attached hydrogens (tertiary/aromatic N) is 1. The molecule has 1 aliphatic heterocycles. The molecule has 132 valence electrons. The second-order valence-electron chi connectivity index (χ2n) is 7.28. The van der Waals surface area contributed by atoms with Crippen LogP contribution in [0.3, 0.4) is 0 Å². The fraction of sp³-hybridized carbons (Fsp3) is 1.00. The van der Waals surface area contributed by atoms with Gasteiger partial charge >= 0.3 is 0 Å². The Labute approximate surface area is 139 Å². The monoisotopic (exact) mass is 311 g/mol. The van der Waals surface area contributed by atoms with Crippen LogP contribution in [0.15, 0.2) is 0 Å². The summed E-state index contributed by atoms with van der Waals surface area (Å²) < 4.78 is 0. The van der Waals surface area contributed by atoms with Crippen LogP contribution in [0.25, 0.3) is 0 Å². The summed E-state index contributed by atoms with van der Waals surface area (Å²) in [5.74, 6) is 0. The number of piperidine rings is 1. The summed E-state index contributed by atoms with van der Waals surface area (Å²) in [6.07, 6.45) is 18.3. The summed E-state index contributed by atoms with van der Waals surface area (Å²) in [5, 5.41) is 10.4. The third kappa shape index (κ3) is 8.53. The van der Waals surface area contributed by atoms with E-state index in [1.165, 1.54) is 96.6 Å². The van der Waals surface area contributed by atoms with Gasteiger partial charge in [-0.05, 0) is 38.8 Å². The summed E-state index contributed by atoms with van der Waals surface area (Å²) in [4.78, 5) is 2.60. The van der Waals surface area contributed by atoms with Crippen molar-refractivity contribution in [2.75, 3.05) is 13.1 Å². The average Bonchev–Trinajstić information content (AvgIpc) is 2.52. The molecule has 0 amide bonds. The maximum absolute atomic E-state index is 10.4. The molecule has 1 aliphatic rings. The van der Waals surface area contributed by atoms with Gasteiger partial charge in [0, 0.05) is 6.04 Å². The Morgan fingerprint density at radius 3 is 2.09 bits per heavy atom. The van der Waals surface area contributed by atoms with Crippen molar-refractivity contribution in [3.63, 3.8) is 0 Å². The highest BCUT2D eigenvalue weighted by molar-refractivity contribution is 4.84. The van der Waals surface area contributed by atoms with E-state index in [9.17, 15) is 5.11 Å². The smallest absolute Gasteiger partial charge is 0.0695 e. The van der Waals surface area contributed by atoms with E-state index >= 15 is 0 Å². The number of likely N-dealkylation sites (tertiary alicyclic amines) is 1. The number of aliphatic hydroxyl groups is 1. The van der Waals surface area contributed by atoms with Crippen molar-refractivity contribution >= 4 is 0 Å². The van der Waals surface area contributed by atoms with E-state index in [4.69, 9.17) is 0 Å². The first-order chi connectivity index (χ1) is 10.8. The lowest BCUT2D eigenvalue weighted by atomic mass is 9.93. The molecule has 1 N–H and O–H groups in total. The van der Waals surface area contributed by atoms with Crippen molar-refractivity contribution in [3.05, 3.63) is 0 Å². The van der Waals surface area contributed by atoms with Crippen molar-refractivity contribution in [2.45, 2.75) is 116 Å². The van der Waals surface area contributed by atoms with Crippen molar-refractivity contribution < 1.29 is 5.11 Å². The van der Waals surface area contributed by atoms with Crippen LogP contribution in [0.2, 0.25) is 0 Å². The second-order valence-corrected chi connectivity index (χ2v) is 7.28. The third-order valence-corrected chi connectivity index (χ3v) is 5.26. The van der Waals surface area contributed by atoms with Crippen molar-refractivity contribution in [3.8, 4) is 0 Å². The van der Waals surface area contributed by atoms with Crippen molar-refractivity contribution in [2.24, 2.45) is 0 Å². The number of unbranched alkanes of at least 4 members (excludes halogenated alkanes) is 9. The number of aliphatic hydroxyl groups excluding tert-OH is 1. The highest BCUT2D eigenvalue weighted by Gasteiger charge is 2.28. The zero-order chi connectivity index (χ0) is 16.0. The molecule has 0 aromatic heterocycles. The Morgan fingerprint density at radius 2 is 1.41 bits per heavy atom. The maximum atomic E-state index is 10.4. The number of hydrogen-bond donors (Lipinski definition) is 1. The van der Waals surface area contributed by atoms with Crippen LogP contribution < -0.4 is 0 Å². The minimum atomic E-state index is -0.0694. The third-order valence-electron chi connectivity index (χ3n) is 5.26.